The van der Waals surface area contributed by atoms with E-state index in [1.54, 1.807) is 17.3 Å². The molecule has 3 heterocycles. The molecule has 2 fully saturated rings. The molecule has 194 valence electrons. The molecule has 1 aliphatic heterocycles. The zero-order valence-corrected chi connectivity index (χ0v) is 20.4. The van der Waals surface area contributed by atoms with Crippen molar-refractivity contribution in [3.8, 4) is 6.07 Å². The molecule has 6 rings (SSSR count). The Morgan fingerprint density at radius 1 is 1.16 bits per heavy atom. The van der Waals surface area contributed by atoms with Gasteiger partial charge in [0.15, 0.2) is 0 Å². The number of hydrogen-bond donors (Lipinski definition) is 1. The van der Waals surface area contributed by atoms with Crippen LogP contribution in [0.5, 0.6) is 0 Å². The van der Waals surface area contributed by atoms with E-state index < -0.39 is 23.2 Å². The van der Waals surface area contributed by atoms with Crippen LogP contribution in [0.15, 0.2) is 48.8 Å². The van der Waals surface area contributed by atoms with Crippen LogP contribution >= 0.6 is 0 Å². The fourth-order valence-corrected chi connectivity index (χ4v) is 5.03. The summed E-state index contributed by atoms with van der Waals surface area (Å²) in [4.78, 5) is 25.6. The van der Waals surface area contributed by atoms with Gasteiger partial charge in [0.25, 0.3) is 6.43 Å². The van der Waals surface area contributed by atoms with Crippen molar-refractivity contribution >= 4 is 34.1 Å². The number of anilines is 2. The molecule has 1 saturated carbocycles. The summed E-state index contributed by atoms with van der Waals surface area (Å²) in [6.45, 7) is 2.27. The first-order valence-corrected chi connectivity index (χ1v) is 12.4. The number of rotatable bonds is 6. The lowest BCUT2D eigenvalue weighted by Crippen LogP contribution is -2.50. The summed E-state index contributed by atoms with van der Waals surface area (Å²) < 4.78 is 42.8. The van der Waals surface area contributed by atoms with E-state index >= 15 is 0 Å². The lowest BCUT2D eigenvalue weighted by atomic mass is 10.1. The number of nitrogens with zero attached hydrogens (tertiary/aromatic N) is 6. The van der Waals surface area contributed by atoms with Crippen molar-refractivity contribution in [3.63, 3.8) is 0 Å². The van der Waals surface area contributed by atoms with Crippen molar-refractivity contribution in [2.45, 2.75) is 25.8 Å². The fraction of sp³-hybridized carbons (Fsp3) is 0.333. The molecule has 1 amide bonds. The Hall–Kier alpha value is -4.33. The molecule has 1 saturated heterocycles. The minimum absolute atomic E-state index is 0.0307. The van der Waals surface area contributed by atoms with Crippen LogP contribution in [-0.2, 0) is 11.3 Å². The second-order valence-corrected chi connectivity index (χ2v) is 9.71. The molecule has 4 aromatic rings. The SMILES string of the molecule is N#CC1(C(=O)N2CCN(c3ccc4c(c3)c(NCc3cccc(C(F)F)c3F)nc3nccn34)CC2)CC1. The van der Waals surface area contributed by atoms with E-state index in [9.17, 15) is 23.2 Å². The molecule has 1 N–H and O–H groups in total. The molecule has 0 radical (unpaired) electrons. The molecular weight excluding hydrogens is 495 g/mol. The van der Waals surface area contributed by atoms with Gasteiger partial charge < -0.3 is 15.1 Å². The first kappa shape index (κ1) is 24.0. The van der Waals surface area contributed by atoms with Crippen molar-refractivity contribution < 1.29 is 18.0 Å². The number of imidazole rings is 1. The molecule has 0 atom stereocenters. The quantitative estimate of drug-likeness (QED) is 0.403. The predicted octanol–water partition coefficient (Wildman–Crippen LogP) is 4.52. The number of fused-ring (bicyclic) bond motifs is 3. The highest BCUT2D eigenvalue weighted by atomic mass is 19.3. The molecule has 0 unspecified atom stereocenters. The van der Waals surface area contributed by atoms with Gasteiger partial charge in [0, 0.05) is 61.8 Å². The maximum absolute atomic E-state index is 14.6. The number of carbonyl (C=O) groups excluding carboxylic acids is 1. The van der Waals surface area contributed by atoms with Crippen LogP contribution in [0.1, 0.15) is 30.4 Å². The van der Waals surface area contributed by atoms with Crippen LogP contribution in [0.4, 0.5) is 24.7 Å². The van der Waals surface area contributed by atoms with Crippen molar-refractivity contribution in [3.05, 3.63) is 65.7 Å². The van der Waals surface area contributed by atoms with Gasteiger partial charge in [-0.15, -0.1) is 0 Å². The van der Waals surface area contributed by atoms with Crippen molar-refractivity contribution in [2.75, 3.05) is 36.4 Å². The Kier molecular flexibility index (Phi) is 5.82. The van der Waals surface area contributed by atoms with Crippen molar-refractivity contribution in [2.24, 2.45) is 5.41 Å². The normalized spacial score (nSPS) is 16.7. The number of amides is 1. The van der Waals surface area contributed by atoms with E-state index in [-0.39, 0.29) is 18.0 Å². The summed E-state index contributed by atoms with van der Waals surface area (Å²) >= 11 is 0. The summed E-state index contributed by atoms with van der Waals surface area (Å²) in [7, 11) is 0. The molecule has 38 heavy (non-hydrogen) atoms. The average molecular weight is 520 g/mol. The Balaban J connectivity index is 1.27. The van der Waals surface area contributed by atoms with Gasteiger partial charge in [0.05, 0.1) is 17.1 Å². The van der Waals surface area contributed by atoms with Crippen LogP contribution in [-0.4, -0.2) is 51.4 Å². The number of halogens is 3. The monoisotopic (exact) mass is 519 g/mol. The minimum atomic E-state index is -2.90. The van der Waals surface area contributed by atoms with E-state index in [0.29, 0.717) is 50.6 Å². The first-order chi connectivity index (χ1) is 18.4. The molecule has 2 aromatic heterocycles. The number of hydrogen-bond acceptors (Lipinski definition) is 6. The van der Waals surface area contributed by atoms with E-state index in [1.807, 2.05) is 22.6 Å². The van der Waals surface area contributed by atoms with Crippen LogP contribution in [0.3, 0.4) is 0 Å². The summed E-state index contributed by atoms with van der Waals surface area (Å²) in [5, 5.41) is 13.2. The van der Waals surface area contributed by atoms with Crippen LogP contribution in [0.2, 0.25) is 0 Å². The second-order valence-electron chi connectivity index (χ2n) is 9.71. The first-order valence-electron chi connectivity index (χ1n) is 12.4. The number of carbonyl (C=O) groups is 1. The standard InChI is InChI=1S/C27H24F3N7O/c28-22-17(2-1-3-19(22)23(29)30)15-33-24-20-14-18(4-5-21(20)37-9-8-32-26(37)34-24)35-10-12-36(13-11-35)25(38)27(16-31)6-7-27/h1-5,8-9,14,23H,6-7,10-13,15H2,(H,32,33,34). The fourth-order valence-electron chi connectivity index (χ4n) is 5.03. The number of nitrogens with one attached hydrogen (secondary N) is 1. The van der Waals surface area contributed by atoms with Crippen molar-refractivity contribution in [1.82, 2.24) is 19.3 Å². The van der Waals surface area contributed by atoms with Gasteiger partial charge in [0.2, 0.25) is 11.7 Å². The number of benzene rings is 2. The third-order valence-corrected chi connectivity index (χ3v) is 7.42. The maximum atomic E-state index is 14.6. The minimum Gasteiger partial charge on any atom is -0.368 e. The van der Waals surface area contributed by atoms with Gasteiger partial charge in [-0.05, 0) is 31.0 Å². The Bertz CT molecular complexity index is 1580. The van der Waals surface area contributed by atoms with Gasteiger partial charge >= 0.3 is 0 Å². The summed E-state index contributed by atoms with van der Waals surface area (Å²) in [5.41, 5.74) is 0.430. The maximum Gasteiger partial charge on any atom is 0.266 e. The van der Waals surface area contributed by atoms with E-state index in [1.165, 1.54) is 12.1 Å². The molecule has 2 aromatic carbocycles. The van der Waals surface area contributed by atoms with Crippen molar-refractivity contribution in [1.29, 1.82) is 5.26 Å². The summed E-state index contributed by atoms with van der Waals surface area (Å²) in [5.74, 6) is -0.0905. The topological polar surface area (TPSA) is 89.6 Å². The van der Waals surface area contributed by atoms with Gasteiger partial charge in [0.1, 0.15) is 17.1 Å². The lowest BCUT2D eigenvalue weighted by Gasteiger charge is -2.37. The average Bonchev–Trinajstić information content (AvgIpc) is 3.60. The van der Waals surface area contributed by atoms with Crippen LogP contribution in [0, 0.1) is 22.6 Å². The molecule has 0 spiro atoms. The molecule has 1 aliphatic carbocycles. The van der Waals surface area contributed by atoms with Gasteiger partial charge in [-0.3, -0.25) is 9.20 Å². The van der Waals surface area contributed by atoms with Crippen LogP contribution in [0.25, 0.3) is 16.7 Å². The molecule has 8 nitrogen and oxygen atoms in total. The summed E-state index contributed by atoms with van der Waals surface area (Å²) in [6.07, 6.45) is 1.80. The smallest absolute Gasteiger partial charge is 0.266 e. The Morgan fingerprint density at radius 3 is 2.66 bits per heavy atom. The van der Waals surface area contributed by atoms with Gasteiger partial charge in [-0.2, -0.15) is 10.2 Å². The van der Waals surface area contributed by atoms with E-state index in [0.717, 1.165) is 22.7 Å². The highest BCUT2D eigenvalue weighted by molar-refractivity contribution is 5.94. The number of piperazine rings is 1. The highest BCUT2D eigenvalue weighted by Gasteiger charge is 2.52. The molecule has 0 bridgehead atoms. The number of alkyl halides is 2. The molecule has 11 heteroatoms. The lowest BCUT2D eigenvalue weighted by molar-refractivity contribution is -0.135. The Morgan fingerprint density at radius 2 is 1.95 bits per heavy atom. The third-order valence-electron chi connectivity index (χ3n) is 7.42. The zero-order valence-electron chi connectivity index (χ0n) is 20.4. The molecular formula is C27H24F3N7O. The summed E-state index contributed by atoms with van der Waals surface area (Å²) in [6, 6.07) is 12.1. The van der Waals surface area contributed by atoms with Gasteiger partial charge in [-0.1, -0.05) is 18.2 Å². The second kappa shape index (κ2) is 9.20. The van der Waals surface area contributed by atoms with Gasteiger partial charge in [-0.25, -0.2) is 18.2 Å². The third kappa shape index (κ3) is 4.06. The largest absolute Gasteiger partial charge is 0.368 e. The van der Waals surface area contributed by atoms with E-state index in [4.69, 9.17) is 0 Å². The number of nitriles is 1. The zero-order chi connectivity index (χ0) is 26.4. The predicted molar refractivity (Wildman–Crippen MR) is 135 cm³/mol. The van der Waals surface area contributed by atoms with Crippen LogP contribution < -0.4 is 10.2 Å². The Labute approximate surface area is 216 Å². The number of aromatic nitrogens is 3. The molecule has 2 aliphatic rings. The van der Waals surface area contributed by atoms with E-state index in [2.05, 4.69) is 26.3 Å². The highest BCUT2D eigenvalue weighted by Crippen LogP contribution is 2.46.